The van der Waals surface area contributed by atoms with Crippen molar-refractivity contribution >= 4 is 23.2 Å². The van der Waals surface area contributed by atoms with Crippen LogP contribution in [0.3, 0.4) is 0 Å². The first-order valence-corrected chi connectivity index (χ1v) is 11.8. The molecular formula is C24H35ClN4O3. The molecule has 5 N–H and O–H groups in total. The first kappa shape index (κ1) is 24.4. The zero-order valence-corrected chi connectivity index (χ0v) is 19.8. The molecule has 3 aliphatic rings. The summed E-state index contributed by atoms with van der Waals surface area (Å²) in [5.74, 6) is -0.391. The molecule has 1 fully saturated rings. The molecule has 32 heavy (non-hydrogen) atoms. The summed E-state index contributed by atoms with van der Waals surface area (Å²) in [4.78, 5) is 18.3. The third kappa shape index (κ3) is 6.39. The molecule has 1 atom stereocenters. The molecule has 1 aliphatic carbocycles. The number of halogens is 1. The highest BCUT2D eigenvalue weighted by Crippen LogP contribution is 2.36. The summed E-state index contributed by atoms with van der Waals surface area (Å²) in [6, 6.07) is 0. The first-order valence-electron chi connectivity index (χ1n) is 11.4. The number of aliphatic imine (C=N–C) groups is 1. The lowest BCUT2D eigenvalue weighted by Gasteiger charge is -2.30. The van der Waals surface area contributed by atoms with Gasteiger partial charge >= 0.3 is 0 Å². The van der Waals surface area contributed by atoms with Crippen LogP contribution in [0.1, 0.15) is 58.8 Å². The lowest BCUT2D eigenvalue weighted by molar-refractivity contribution is -0.121. The lowest BCUT2D eigenvalue weighted by Crippen LogP contribution is -2.41. The van der Waals surface area contributed by atoms with E-state index in [2.05, 4.69) is 29.5 Å². The van der Waals surface area contributed by atoms with E-state index in [1.54, 1.807) is 12.4 Å². The highest BCUT2D eigenvalue weighted by atomic mass is 35.5. The highest BCUT2D eigenvalue weighted by Gasteiger charge is 2.34. The van der Waals surface area contributed by atoms with Gasteiger partial charge < -0.3 is 26.2 Å². The van der Waals surface area contributed by atoms with Gasteiger partial charge in [0.1, 0.15) is 18.3 Å². The molecule has 0 spiro atoms. The Hall–Kier alpha value is -2.25. The van der Waals surface area contributed by atoms with Crippen molar-refractivity contribution in [2.24, 2.45) is 22.1 Å². The van der Waals surface area contributed by atoms with Gasteiger partial charge in [-0.05, 0) is 56.4 Å². The monoisotopic (exact) mass is 462 g/mol. The van der Waals surface area contributed by atoms with Crippen LogP contribution in [0, 0.1) is 11.3 Å². The quantitative estimate of drug-likeness (QED) is 0.462. The van der Waals surface area contributed by atoms with Crippen molar-refractivity contribution in [2.45, 2.75) is 58.8 Å². The minimum absolute atomic E-state index is 0.0622. The van der Waals surface area contributed by atoms with Crippen molar-refractivity contribution in [1.29, 1.82) is 0 Å². The normalized spacial score (nSPS) is 24.9. The topological polar surface area (TPSA) is 109 Å². The van der Waals surface area contributed by atoms with Gasteiger partial charge in [-0.1, -0.05) is 31.0 Å². The number of hydrogen-bond acceptors (Lipinski definition) is 6. The average molecular weight is 463 g/mol. The smallest absolute Gasteiger partial charge is 0.239 e. The van der Waals surface area contributed by atoms with Crippen molar-refractivity contribution in [3.05, 3.63) is 46.2 Å². The molecule has 0 saturated heterocycles. The van der Waals surface area contributed by atoms with Crippen LogP contribution in [0.5, 0.6) is 0 Å². The van der Waals surface area contributed by atoms with Crippen molar-refractivity contribution in [3.8, 4) is 0 Å². The second kappa shape index (κ2) is 11.1. The Balaban J connectivity index is 1.94. The van der Waals surface area contributed by atoms with Crippen LogP contribution >= 0.6 is 11.6 Å². The molecule has 1 amide bonds. The standard InChI is InChI=1S/C24H35ClN4O3/c1-24(2)9-7-17(25)14-28-18(13-24)21(22(26)16-5-3-4-6-16)23(31)29-19-15-27-10-8-20(19)32-12-11-30/h8,14-15,21,27,30H,3-7,9-13,26H2,1-2H3,(H,29,31)/b17-14+,28-18+. The summed E-state index contributed by atoms with van der Waals surface area (Å²) in [5.41, 5.74) is 9.59. The number of amides is 1. The van der Waals surface area contributed by atoms with E-state index in [1.807, 2.05) is 6.08 Å². The third-order valence-corrected chi connectivity index (χ3v) is 6.40. The summed E-state index contributed by atoms with van der Waals surface area (Å²) in [6.45, 7) is 4.97. The lowest BCUT2D eigenvalue weighted by atomic mass is 9.78. The van der Waals surface area contributed by atoms with E-state index in [1.165, 1.54) is 0 Å². The van der Waals surface area contributed by atoms with Gasteiger partial charge in [-0.3, -0.25) is 9.79 Å². The van der Waals surface area contributed by atoms with E-state index in [-0.39, 0.29) is 24.5 Å². The van der Waals surface area contributed by atoms with Gasteiger partial charge in [-0.25, -0.2) is 0 Å². The van der Waals surface area contributed by atoms with Gasteiger partial charge in [-0.2, -0.15) is 0 Å². The number of dihydropyridines is 1. The predicted molar refractivity (Wildman–Crippen MR) is 128 cm³/mol. The van der Waals surface area contributed by atoms with Crippen LogP contribution in [0.2, 0.25) is 0 Å². The van der Waals surface area contributed by atoms with E-state index in [4.69, 9.17) is 27.2 Å². The molecule has 2 heterocycles. The van der Waals surface area contributed by atoms with Gasteiger partial charge in [0.05, 0.1) is 12.3 Å². The maximum Gasteiger partial charge on any atom is 0.239 e. The molecule has 176 valence electrons. The number of nitrogens with zero attached hydrogens (tertiary/aromatic N) is 1. The second-order valence-corrected chi connectivity index (χ2v) is 9.82. The van der Waals surface area contributed by atoms with E-state index in [0.29, 0.717) is 35.2 Å². The van der Waals surface area contributed by atoms with E-state index in [9.17, 15) is 4.79 Å². The Kier molecular flexibility index (Phi) is 8.43. The molecule has 0 radical (unpaired) electrons. The van der Waals surface area contributed by atoms with Crippen LogP contribution in [0.25, 0.3) is 0 Å². The molecule has 0 aromatic carbocycles. The summed E-state index contributed by atoms with van der Waals surface area (Å²) >= 11 is 6.35. The highest BCUT2D eigenvalue weighted by molar-refractivity contribution is 6.29. The summed E-state index contributed by atoms with van der Waals surface area (Å²) in [5, 5.41) is 15.9. The van der Waals surface area contributed by atoms with Crippen molar-refractivity contribution in [3.63, 3.8) is 0 Å². The van der Waals surface area contributed by atoms with E-state index < -0.39 is 5.92 Å². The van der Waals surface area contributed by atoms with Gasteiger partial charge in [0.15, 0.2) is 0 Å². The largest absolute Gasteiger partial charge is 0.489 e. The molecule has 7 nitrogen and oxygen atoms in total. The number of carbonyl (C=O) groups excluding carboxylic acids is 1. The number of aliphatic hydroxyl groups is 1. The zero-order valence-electron chi connectivity index (χ0n) is 19.0. The molecule has 1 unspecified atom stereocenters. The van der Waals surface area contributed by atoms with Gasteiger partial charge in [0.2, 0.25) is 5.91 Å². The Bertz CT molecular complexity index is 862. The maximum atomic E-state index is 13.7. The van der Waals surface area contributed by atoms with Gasteiger partial charge in [-0.15, -0.1) is 0 Å². The van der Waals surface area contributed by atoms with Crippen LogP contribution < -0.4 is 16.4 Å². The fourth-order valence-corrected chi connectivity index (χ4v) is 4.47. The molecule has 2 aliphatic heterocycles. The minimum Gasteiger partial charge on any atom is -0.489 e. The third-order valence-electron chi connectivity index (χ3n) is 6.12. The fourth-order valence-electron chi connectivity index (χ4n) is 4.33. The summed E-state index contributed by atoms with van der Waals surface area (Å²) < 4.78 is 5.60. The number of aliphatic hydroxyl groups excluding tert-OH is 1. The van der Waals surface area contributed by atoms with Crippen molar-refractivity contribution in [1.82, 2.24) is 10.6 Å². The summed E-state index contributed by atoms with van der Waals surface area (Å²) in [6.07, 6.45) is 11.5. The van der Waals surface area contributed by atoms with Crippen LogP contribution in [-0.2, 0) is 9.53 Å². The molecule has 1 saturated carbocycles. The number of rotatable bonds is 7. The first-order chi connectivity index (χ1) is 15.3. The number of allylic oxidation sites excluding steroid dienone is 2. The Morgan fingerprint density at radius 3 is 2.84 bits per heavy atom. The number of ether oxygens (including phenoxy) is 1. The molecule has 0 bridgehead atoms. The van der Waals surface area contributed by atoms with E-state index in [0.717, 1.165) is 49.8 Å². The molecule has 8 heteroatoms. The van der Waals surface area contributed by atoms with Crippen LogP contribution in [-0.4, -0.2) is 36.5 Å². The van der Waals surface area contributed by atoms with Gasteiger partial charge in [0, 0.05) is 35.4 Å². The van der Waals surface area contributed by atoms with Crippen molar-refractivity contribution in [2.75, 3.05) is 19.8 Å². The number of carbonyl (C=O) groups is 1. The zero-order chi connectivity index (χ0) is 23.1. The Labute approximate surface area is 195 Å². The fraction of sp³-hybridized carbons (Fsp3) is 0.583. The number of nitrogens with one attached hydrogen (secondary N) is 2. The van der Waals surface area contributed by atoms with Crippen LogP contribution in [0.15, 0.2) is 51.2 Å². The average Bonchev–Trinajstić information content (AvgIpc) is 3.29. The molecule has 0 aromatic heterocycles. The van der Waals surface area contributed by atoms with Crippen molar-refractivity contribution < 1.29 is 14.6 Å². The molecule has 3 rings (SSSR count). The van der Waals surface area contributed by atoms with Gasteiger partial charge in [0.25, 0.3) is 0 Å². The molecule has 0 aromatic rings. The maximum absolute atomic E-state index is 13.7. The summed E-state index contributed by atoms with van der Waals surface area (Å²) in [7, 11) is 0. The SMILES string of the molecule is CC1(C)CC/C(Cl)=C\N=C(\C(C(=O)NC2=CNCC=C2OCCO)C(N)=C2CCCC2)C1. The second-order valence-electron chi connectivity index (χ2n) is 9.33. The number of nitrogens with two attached hydrogens (primary N) is 1. The minimum atomic E-state index is -0.678. The van der Waals surface area contributed by atoms with E-state index >= 15 is 0 Å². The Morgan fingerprint density at radius 2 is 2.12 bits per heavy atom. The Morgan fingerprint density at radius 1 is 1.38 bits per heavy atom. The predicted octanol–water partition coefficient (Wildman–Crippen LogP) is 3.57. The van der Waals surface area contributed by atoms with Crippen LogP contribution in [0.4, 0.5) is 0 Å². The molecular weight excluding hydrogens is 428 g/mol. The number of hydrogen-bond donors (Lipinski definition) is 4.